The second-order valence-electron chi connectivity index (χ2n) is 5.72. The summed E-state index contributed by atoms with van der Waals surface area (Å²) in [6.45, 7) is 2.15. The molecule has 2 unspecified atom stereocenters. The van der Waals surface area contributed by atoms with Gasteiger partial charge in [0, 0.05) is 36.9 Å². The van der Waals surface area contributed by atoms with E-state index in [1.54, 1.807) is 11.3 Å². The largest absolute Gasteiger partial charge is 0.388 e. The first-order valence-electron chi connectivity index (χ1n) is 7.29. The summed E-state index contributed by atoms with van der Waals surface area (Å²) < 4.78 is 2.10. The van der Waals surface area contributed by atoms with Gasteiger partial charge >= 0.3 is 0 Å². The number of aliphatic hydroxyl groups excluding tert-OH is 1. The molecule has 0 radical (unpaired) electrons. The van der Waals surface area contributed by atoms with Crippen molar-refractivity contribution in [3.63, 3.8) is 0 Å². The van der Waals surface area contributed by atoms with Gasteiger partial charge in [-0.15, -0.1) is 11.3 Å². The summed E-state index contributed by atoms with van der Waals surface area (Å²) >= 11 is 1.65. The molecule has 3 rings (SSSR count). The second kappa shape index (κ2) is 6.12. The van der Waals surface area contributed by atoms with Crippen LogP contribution >= 0.6 is 11.3 Å². The lowest BCUT2D eigenvalue weighted by Crippen LogP contribution is -2.30. The summed E-state index contributed by atoms with van der Waals surface area (Å²) in [6, 6.07) is 6.74. The van der Waals surface area contributed by atoms with Crippen LogP contribution in [0.3, 0.4) is 0 Å². The van der Waals surface area contributed by atoms with E-state index in [1.807, 2.05) is 17.5 Å². The molecule has 1 saturated heterocycles. The Morgan fingerprint density at radius 2 is 2.35 bits per heavy atom. The van der Waals surface area contributed by atoms with Crippen LogP contribution in [0.5, 0.6) is 0 Å². The Labute approximate surface area is 124 Å². The number of aromatic nitrogens is 1. The lowest BCUT2D eigenvalue weighted by Gasteiger charge is -2.25. The van der Waals surface area contributed by atoms with E-state index in [0.717, 1.165) is 24.4 Å². The van der Waals surface area contributed by atoms with Crippen molar-refractivity contribution in [2.45, 2.75) is 38.0 Å². The first-order chi connectivity index (χ1) is 9.72. The monoisotopic (exact) mass is 290 g/mol. The Balaban J connectivity index is 1.60. The van der Waals surface area contributed by atoms with Gasteiger partial charge in [-0.3, -0.25) is 4.90 Å². The fourth-order valence-electron chi connectivity index (χ4n) is 3.11. The first kappa shape index (κ1) is 13.9. The standard InChI is InChI=1S/C16H22N2OS/c1-17-8-6-13(11-17)12-18-7-2-4-14(18)10-15(19)16-5-3-9-20-16/h3,5-6,8-9,11,14-15,19H,2,4,7,10,12H2,1H3. The minimum Gasteiger partial charge on any atom is -0.388 e. The summed E-state index contributed by atoms with van der Waals surface area (Å²) in [5.74, 6) is 0. The smallest absolute Gasteiger partial charge is 0.0896 e. The lowest BCUT2D eigenvalue weighted by molar-refractivity contribution is 0.120. The summed E-state index contributed by atoms with van der Waals surface area (Å²) in [4.78, 5) is 3.61. The topological polar surface area (TPSA) is 28.4 Å². The van der Waals surface area contributed by atoms with Crippen molar-refractivity contribution in [3.05, 3.63) is 46.4 Å². The number of hydrogen-bond donors (Lipinski definition) is 1. The fourth-order valence-corrected chi connectivity index (χ4v) is 3.84. The molecule has 1 fully saturated rings. The van der Waals surface area contributed by atoms with Gasteiger partial charge in [0.05, 0.1) is 6.10 Å². The Kier molecular flexibility index (Phi) is 4.24. The van der Waals surface area contributed by atoms with Crippen LogP contribution in [-0.2, 0) is 13.6 Å². The zero-order valence-electron chi connectivity index (χ0n) is 11.9. The number of aryl methyl sites for hydroxylation is 1. The molecule has 0 aliphatic carbocycles. The summed E-state index contributed by atoms with van der Waals surface area (Å²) in [5.41, 5.74) is 1.37. The molecule has 2 atom stereocenters. The molecule has 0 spiro atoms. The lowest BCUT2D eigenvalue weighted by atomic mass is 10.1. The highest BCUT2D eigenvalue weighted by Gasteiger charge is 2.27. The molecule has 2 aromatic heterocycles. The SMILES string of the molecule is Cn1ccc(CN2CCCC2CC(O)c2cccs2)c1. The highest BCUT2D eigenvalue weighted by atomic mass is 32.1. The molecule has 0 bridgehead atoms. The van der Waals surface area contributed by atoms with Crippen molar-refractivity contribution in [1.29, 1.82) is 0 Å². The molecule has 0 amide bonds. The first-order valence-corrected chi connectivity index (χ1v) is 8.16. The van der Waals surface area contributed by atoms with Crippen molar-refractivity contribution < 1.29 is 5.11 Å². The second-order valence-corrected chi connectivity index (χ2v) is 6.70. The third-order valence-corrected chi connectivity index (χ3v) is 5.12. The number of thiophene rings is 1. The van der Waals surface area contributed by atoms with E-state index in [-0.39, 0.29) is 6.10 Å². The zero-order chi connectivity index (χ0) is 13.9. The summed E-state index contributed by atoms with van der Waals surface area (Å²) in [7, 11) is 2.06. The van der Waals surface area contributed by atoms with E-state index in [4.69, 9.17) is 0 Å². The molecule has 1 aliphatic rings. The van der Waals surface area contributed by atoms with E-state index in [2.05, 4.69) is 35.0 Å². The highest BCUT2D eigenvalue weighted by molar-refractivity contribution is 7.10. The molecule has 2 aromatic rings. The molecule has 3 nitrogen and oxygen atoms in total. The maximum Gasteiger partial charge on any atom is 0.0896 e. The third-order valence-electron chi connectivity index (χ3n) is 4.14. The van der Waals surface area contributed by atoms with E-state index < -0.39 is 0 Å². The normalized spacial score (nSPS) is 21.4. The predicted molar refractivity (Wildman–Crippen MR) is 82.7 cm³/mol. The molecule has 3 heterocycles. The van der Waals surface area contributed by atoms with Crippen molar-refractivity contribution in [2.24, 2.45) is 7.05 Å². The van der Waals surface area contributed by atoms with Crippen LogP contribution in [-0.4, -0.2) is 27.2 Å². The van der Waals surface area contributed by atoms with Crippen molar-refractivity contribution in [3.8, 4) is 0 Å². The van der Waals surface area contributed by atoms with Crippen molar-refractivity contribution in [1.82, 2.24) is 9.47 Å². The molecular formula is C16H22N2OS. The molecule has 1 aliphatic heterocycles. The maximum absolute atomic E-state index is 10.3. The van der Waals surface area contributed by atoms with Gasteiger partial charge in [0.25, 0.3) is 0 Å². The van der Waals surface area contributed by atoms with E-state index in [0.29, 0.717) is 6.04 Å². The third kappa shape index (κ3) is 3.14. The molecular weight excluding hydrogens is 268 g/mol. The summed E-state index contributed by atoms with van der Waals surface area (Å²) in [5, 5.41) is 12.4. The van der Waals surface area contributed by atoms with Crippen LogP contribution in [0.2, 0.25) is 0 Å². The number of nitrogens with zero attached hydrogens (tertiary/aromatic N) is 2. The van der Waals surface area contributed by atoms with Gasteiger partial charge in [0.1, 0.15) is 0 Å². The van der Waals surface area contributed by atoms with E-state index in [1.165, 1.54) is 18.4 Å². The number of rotatable bonds is 5. The minimum absolute atomic E-state index is 0.309. The molecule has 108 valence electrons. The van der Waals surface area contributed by atoms with Crippen LogP contribution in [0.15, 0.2) is 36.0 Å². The van der Waals surface area contributed by atoms with Crippen LogP contribution < -0.4 is 0 Å². The fraction of sp³-hybridized carbons (Fsp3) is 0.500. The Morgan fingerprint density at radius 3 is 3.05 bits per heavy atom. The van der Waals surface area contributed by atoms with Crippen LogP contribution in [0, 0.1) is 0 Å². The Bertz CT molecular complexity index is 534. The maximum atomic E-state index is 10.3. The van der Waals surface area contributed by atoms with Gasteiger partial charge in [-0.1, -0.05) is 6.07 Å². The molecule has 20 heavy (non-hydrogen) atoms. The highest BCUT2D eigenvalue weighted by Crippen LogP contribution is 2.30. The minimum atomic E-state index is -0.309. The Morgan fingerprint density at radius 1 is 1.45 bits per heavy atom. The van der Waals surface area contributed by atoms with Crippen molar-refractivity contribution in [2.75, 3.05) is 6.54 Å². The summed E-state index contributed by atoms with van der Waals surface area (Å²) in [6.07, 6.45) is 7.28. The van der Waals surface area contributed by atoms with Gasteiger partial charge < -0.3 is 9.67 Å². The van der Waals surface area contributed by atoms with Gasteiger partial charge in [-0.05, 0) is 48.9 Å². The van der Waals surface area contributed by atoms with Crippen LogP contribution in [0.25, 0.3) is 0 Å². The quantitative estimate of drug-likeness (QED) is 0.916. The van der Waals surface area contributed by atoms with Crippen molar-refractivity contribution >= 4 is 11.3 Å². The number of likely N-dealkylation sites (tertiary alicyclic amines) is 1. The van der Waals surface area contributed by atoms with Gasteiger partial charge in [-0.25, -0.2) is 0 Å². The van der Waals surface area contributed by atoms with E-state index >= 15 is 0 Å². The van der Waals surface area contributed by atoms with E-state index in [9.17, 15) is 5.11 Å². The molecule has 4 heteroatoms. The average molecular weight is 290 g/mol. The van der Waals surface area contributed by atoms with Crippen LogP contribution in [0.4, 0.5) is 0 Å². The number of aliphatic hydroxyl groups is 1. The molecule has 1 N–H and O–H groups in total. The average Bonchev–Trinajstić information content (AvgIpc) is 3.13. The van der Waals surface area contributed by atoms with Gasteiger partial charge in [0.15, 0.2) is 0 Å². The van der Waals surface area contributed by atoms with Gasteiger partial charge in [0.2, 0.25) is 0 Å². The Hall–Kier alpha value is -1.10. The predicted octanol–water partition coefficient (Wildman–Crippen LogP) is 3.17. The molecule has 0 aromatic carbocycles. The number of hydrogen-bond acceptors (Lipinski definition) is 3. The van der Waals surface area contributed by atoms with Gasteiger partial charge in [-0.2, -0.15) is 0 Å². The molecule has 0 saturated carbocycles. The van der Waals surface area contributed by atoms with Crippen LogP contribution in [0.1, 0.15) is 35.8 Å². The zero-order valence-corrected chi connectivity index (χ0v) is 12.7.